The molecule has 0 aromatic carbocycles. The molecule has 0 radical (unpaired) electrons. The first-order chi connectivity index (χ1) is 10.5. The predicted molar refractivity (Wildman–Crippen MR) is 84.3 cm³/mol. The second kappa shape index (κ2) is 7.80. The van der Waals surface area contributed by atoms with Gasteiger partial charge in [-0.2, -0.15) is 0 Å². The van der Waals surface area contributed by atoms with Gasteiger partial charge in [-0.3, -0.25) is 4.79 Å². The van der Waals surface area contributed by atoms with Crippen LogP contribution in [0.25, 0.3) is 0 Å². The molecule has 0 aromatic rings. The van der Waals surface area contributed by atoms with Crippen LogP contribution in [-0.4, -0.2) is 23.6 Å². The fourth-order valence-corrected chi connectivity index (χ4v) is 3.47. The lowest BCUT2D eigenvalue weighted by molar-refractivity contribution is -0.169. The van der Waals surface area contributed by atoms with Crippen molar-refractivity contribution in [3.63, 3.8) is 0 Å². The molecule has 2 rings (SSSR count). The summed E-state index contributed by atoms with van der Waals surface area (Å²) in [4.78, 5) is 24.2. The molecule has 22 heavy (non-hydrogen) atoms. The molecule has 4 heteroatoms. The molecule has 2 fully saturated rings. The standard InChI is InChI=1S/C18H28O4/c1-14(2)17(20)22-18(11-7-4-8-12-18)13-16(19)21-15-9-5-3-6-10-15/h15H,1,3-13H2,2H3. The maximum Gasteiger partial charge on any atom is 0.333 e. The van der Waals surface area contributed by atoms with Crippen molar-refractivity contribution in [3.05, 3.63) is 12.2 Å². The first-order valence-corrected chi connectivity index (χ1v) is 8.59. The van der Waals surface area contributed by atoms with E-state index in [2.05, 4.69) is 6.58 Å². The molecule has 0 saturated heterocycles. The quantitative estimate of drug-likeness (QED) is 0.567. The molecule has 2 saturated carbocycles. The normalized spacial score (nSPS) is 21.9. The van der Waals surface area contributed by atoms with Crippen molar-refractivity contribution in [1.82, 2.24) is 0 Å². The Balaban J connectivity index is 1.94. The van der Waals surface area contributed by atoms with Crippen LogP contribution in [0.2, 0.25) is 0 Å². The summed E-state index contributed by atoms with van der Waals surface area (Å²) in [6.07, 6.45) is 10.2. The third-order valence-corrected chi connectivity index (χ3v) is 4.74. The largest absolute Gasteiger partial charge is 0.462 e. The minimum atomic E-state index is -0.681. The Morgan fingerprint density at radius 3 is 2.23 bits per heavy atom. The number of esters is 2. The van der Waals surface area contributed by atoms with Crippen molar-refractivity contribution in [1.29, 1.82) is 0 Å². The van der Waals surface area contributed by atoms with E-state index in [0.29, 0.717) is 5.57 Å². The van der Waals surface area contributed by atoms with Gasteiger partial charge in [0.15, 0.2) is 0 Å². The molecular formula is C18H28O4. The van der Waals surface area contributed by atoms with Crippen molar-refractivity contribution in [2.24, 2.45) is 0 Å². The minimum Gasteiger partial charge on any atom is -0.462 e. The lowest BCUT2D eigenvalue weighted by atomic mass is 9.82. The SMILES string of the molecule is C=C(C)C(=O)OC1(CC(=O)OC2CCCCC2)CCCCC1. The van der Waals surface area contributed by atoms with Crippen molar-refractivity contribution in [3.8, 4) is 0 Å². The van der Waals surface area contributed by atoms with Crippen LogP contribution in [0.1, 0.15) is 77.6 Å². The van der Waals surface area contributed by atoms with Gasteiger partial charge in [0.1, 0.15) is 11.7 Å². The van der Waals surface area contributed by atoms with Gasteiger partial charge in [-0.25, -0.2) is 4.79 Å². The zero-order valence-electron chi connectivity index (χ0n) is 13.7. The van der Waals surface area contributed by atoms with Gasteiger partial charge < -0.3 is 9.47 Å². The van der Waals surface area contributed by atoms with Crippen molar-refractivity contribution < 1.29 is 19.1 Å². The highest BCUT2D eigenvalue weighted by Crippen LogP contribution is 2.36. The lowest BCUT2D eigenvalue weighted by Crippen LogP contribution is -2.40. The number of ether oxygens (including phenoxy) is 2. The number of carbonyl (C=O) groups excluding carboxylic acids is 2. The summed E-state index contributed by atoms with van der Waals surface area (Å²) in [5.74, 6) is -0.615. The van der Waals surface area contributed by atoms with Crippen molar-refractivity contribution >= 4 is 11.9 Å². The van der Waals surface area contributed by atoms with Crippen LogP contribution in [0.5, 0.6) is 0 Å². The van der Waals surface area contributed by atoms with Crippen LogP contribution in [0.4, 0.5) is 0 Å². The molecule has 0 N–H and O–H groups in total. The smallest absolute Gasteiger partial charge is 0.333 e. The van der Waals surface area contributed by atoms with Crippen LogP contribution in [-0.2, 0) is 19.1 Å². The highest BCUT2D eigenvalue weighted by molar-refractivity contribution is 5.87. The van der Waals surface area contributed by atoms with Crippen molar-refractivity contribution in [2.75, 3.05) is 0 Å². The average Bonchev–Trinajstić information content (AvgIpc) is 2.48. The first-order valence-electron chi connectivity index (χ1n) is 8.59. The molecule has 4 nitrogen and oxygen atoms in total. The molecular weight excluding hydrogens is 280 g/mol. The van der Waals surface area contributed by atoms with Gasteiger partial charge in [0, 0.05) is 5.57 Å². The molecule has 0 amide bonds. The summed E-state index contributed by atoms with van der Waals surface area (Å²) in [7, 11) is 0. The zero-order valence-corrected chi connectivity index (χ0v) is 13.7. The third kappa shape index (κ3) is 4.85. The van der Waals surface area contributed by atoms with E-state index >= 15 is 0 Å². The summed E-state index contributed by atoms with van der Waals surface area (Å²) >= 11 is 0. The van der Waals surface area contributed by atoms with E-state index in [9.17, 15) is 9.59 Å². The molecule has 0 aromatic heterocycles. The minimum absolute atomic E-state index is 0.0544. The topological polar surface area (TPSA) is 52.6 Å². The molecule has 2 aliphatic carbocycles. The highest BCUT2D eigenvalue weighted by atomic mass is 16.6. The van der Waals surface area contributed by atoms with Crippen LogP contribution in [0.15, 0.2) is 12.2 Å². The number of carbonyl (C=O) groups is 2. The first kappa shape index (κ1) is 17.0. The van der Waals surface area contributed by atoms with Gasteiger partial charge in [-0.05, 0) is 58.3 Å². The van der Waals surface area contributed by atoms with E-state index in [1.807, 2.05) is 0 Å². The Bertz CT molecular complexity index is 415. The number of rotatable bonds is 5. The van der Waals surface area contributed by atoms with Gasteiger partial charge in [-0.15, -0.1) is 0 Å². The zero-order chi connectivity index (χ0) is 16.0. The molecule has 0 bridgehead atoms. The fraction of sp³-hybridized carbons (Fsp3) is 0.778. The van der Waals surface area contributed by atoms with Gasteiger partial charge in [0.25, 0.3) is 0 Å². The summed E-state index contributed by atoms with van der Waals surface area (Å²) in [6, 6.07) is 0. The molecule has 0 atom stereocenters. The maximum atomic E-state index is 12.3. The van der Waals surface area contributed by atoms with Gasteiger partial charge in [-0.1, -0.05) is 19.4 Å². The molecule has 0 spiro atoms. The van der Waals surface area contributed by atoms with E-state index in [4.69, 9.17) is 9.47 Å². The molecule has 124 valence electrons. The Morgan fingerprint density at radius 2 is 1.64 bits per heavy atom. The Morgan fingerprint density at radius 1 is 1.05 bits per heavy atom. The summed E-state index contributed by atoms with van der Waals surface area (Å²) < 4.78 is 11.3. The number of hydrogen-bond donors (Lipinski definition) is 0. The third-order valence-electron chi connectivity index (χ3n) is 4.74. The summed E-state index contributed by atoms with van der Waals surface area (Å²) in [5, 5.41) is 0. The van der Waals surface area contributed by atoms with Crippen molar-refractivity contribution in [2.45, 2.75) is 89.3 Å². The fourth-order valence-electron chi connectivity index (χ4n) is 3.47. The lowest BCUT2D eigenvalue weighted by Gasteiger charge is -2.36. The van der Waals surface area contributed by atoms with Crippen LogP contribution in [0, 0.1) is 0 Å². The molecule has 0 aliphatic heterocycles. The summed E-state index contributed by atoms with van der Waals surface area (Å²) in [5.41, 5.74) is -0.300. The Kier molecular flexibility index (Phi) is 6.04. The monoisotopic (exact) mass is 308 g/mol. The van der Waals surface area contributed by atoms with E-state index in [1.54, 1.807) is 6.92 Å². The Hall–Kier alpha value is -1.32. The predicted octanol–water partition coefficient (Wildman–Crippen LogP) is 4.07. The number of hydrogen-bond acceptors (Lipinski definition) is 4. The van der Waals surface area contributed by atoms with E-state index in [-0.39, 0.29) is 18.5 Å². The Labute approximate surface area is 133 Å². The summed E-state index contributed by atoms with van der Waals surface area (Å²) in [6.45, 7) is 5.27. The van der Waals surface area contributed by atoms with Crippen LogP contribution < -0.4 is 0 Å². The van der Waals surface area contributed by atoms with Gasteiger partial charge in [0.05, 0.1) is 6.42 Å². The molecule has 0 unspecified atom stereocenters. The molecule has 2 aliphatic rings. The van der Waals surface area contributed by atoms with E-state index in [0.717, 1.165) is 57.8 Å². The van der Waals surface area contributed by atoms with Crippen LogP contribution >= 0.6 is 0 Å². The second-order valence-electron chi connectivity index (χ2n) is 6.84. The van der Waals surface area contributed by atoms with Gasteiger partial charge in [0.2, 0.25) is 0 Å². The van der Waals surface area contributed by atoms with E-state index < -0.39 is 11.6 Å². The maximum absolute atomic E-state index is 12.3. The van der Waals surface area contributed by atoms with Crippen LogP contribution in [0.3, 0.4) is 0 Å². The second-order valence-corrected chi connectivity index (χ2v) is 6.84. The average molecular weight is 308 g/mol. The van der Waals surface area contributed by atoms with E-state index in [1.165, 1.54) is 6.42 Å². The molecule has 0 heterocycles. The highest BCUT2D eigenvalue weighted by Gasteiger charge is 2.39. The van der Waals surface area contributed by atoms with Gasteiger partial charge >= 0.3 is 11.9 Å².